The first kappa shape index (κ1) is 40.5. The van der Waals surface area contributed by atoms with Crippen molar-refractivity contribution < 1.29 is 0 Å². The molecule has 2 nitrogen and oxygen atoms in total. The van der Waals surface area contributed by atoms with Gasteiger partial charge in [-0.3, -0.25) is 0 Å². The van der Waals surface area contributed by atoms with E-state index in [9.17, 15) is 0 Å². The summed E-state index contributed by atoms with van der Waals surface area (Å²) in [6.45, 7) is 0. The van der Waals surface area contributed by atoms with Gasteiger partial charge in [-0.05, 0) is 146 Å². The van der Waals surface area contributed by atoms with Crippen molar-refractivity contribution in [1.82, 2.24) is 4.57 Å². The predicted molar refractivity (Wildman–Crippen MR) is 288 cm³/mol. The second-order valence-electron chi connectivity index (χ2n) is 17.4. The molecule has 0 unspecified atom stereocenters. The summed E-state index contributed by atoms with van der Waals surface area (Å²) in [7, 11) is 0. The highest BCUT2D eigenvalue weighted by Gasteiger charge is 2.18. The molecular formula is C66H46N2. The van der Waals surface area contributed by atoms with Crippen LogP contribution in [0.5, 0.6) is 0 Å². The highest BCUT2D eigenvalue weighted by atomic mass is 15.1. The van der Waals surface area contributed by atoms with E-state index in [0.29, 0.717) is 0 Å². The van der Waals surface area contributed by atoms with Gasteiger partial charge in [0.25, 0.3) is 0 Å². The van der Waals surface area contributed by atoms with Gasteiger partial charge >= 0.3 is 0 Å². The Balaban J connectivity index is 0.944. The largest absolute Gasteiger partial charge is 0.310 e. The molecule has 2 heteroatoms. The first-order valence-electron chi connectivity index (χ1n) is 23.3. The molecule has 0 aliphatic carbocycles. The molecule has 11 aromatic carbocycles. The van der Waals surface area contributed by atoms with Crippen LogP contribution in [0.25, 0.3) is 94.3 Å². The van der Waals surface area contributed by atoms with Gasteiger partial charge in [0.05, 0.1) is 11.0 Å². The Kier molecular flexibility index (Phi) is 10.6. The number of anilines is 3. The van der Waals surface area contributed by atoms with Crippen LogP contribution in [0.2, 0.25) is 0 Å². The molecular weight excluding hydrogens is 821 g/mol. The Morgan fingerprint density at radius 2 is 0.529 bits per heavy atom. The number of aromatic nitrogens is 1. The summed E-state index contributed by atoms with van der Waals surface area (Å²) >= 11 is 0. The molecule has 0 fully saturated rings. The van der Waals surface area contributed by atoms with Gasteiger partial charge in [-0.2, -0.15) is 0 Å². The van der Waals surface area contributed by atoms with Gasteiger partial charge in [-0.1, -0.05) is 200 Å². The van der Waals surface area contributed by atoms with E-state index in [1.165, 1.54) is 77.4 Å². The molecule has 0 amide bonds. The second kappa shape index (κ2) is 17.8. The number of hydrogen-bond acceptors (Lipinski definition) is 1. The van der Waals surface area contributed by atoms with Crippen LogP contribution >= 0.6 is 0 Å². The molecule has 0 aliphatic rings. The fourth-order valence-corrected chi connectivity index (χ4v) is 9.76. The maximum absolute atomic E-state index is 2.43. The second-order valence-corrected chi connectivity index (χ2v) is 17.4. The fourth-order valence-electron chi connectivity index (χ4n) is 9.76. The number of rotatable bonds is 10. The van der Waals surface area contributed by atoms with Crippen molar-refractivity contribution in [3.05, 3.63) is 279 Å². The van der Waals surface area contributed by atoms with E-state index in [1.54, 1.807) is 0 Å². The molecule has 68 heavy (non-hydrogen) atoms. The molecule has 0 saturated carbocycles. The van der Waals surface area contributed by atoms with Crippen molar-refractivity contribution in [1.29, 1.82) is 0 Å². The van der Waals surface area contributed by atoms with Gasteiger partial charge in [0, 0.05) is 33.5 Å². The lowest BCUT2D eigenvalue weighted by Gasteiger charge is -2.26. The monoisotopic (exact) mass is 866 g/mol. The minimum absolute atomic E-state index is 1.08. The van der Waals surface area contributed by atoms with E-state index in [4.69, 9.17) is 0 Å². The quantitative estimate of drug-likeness (QED) is 0.133. The van der Waals surface area contributed by atoms with Crippen LogP contribution in [0.1, 0.15) is 0 Å². The SMILES string of the molecule is c1ccc(-c2ccc(N(c3ccc(-c4cccc(-c5ccccc5)c4)cc3)c3cccc(-c4cccc(-n5c6ccc(-c7ccccc7)cc6c6cc(-c7ccccc7)ccc65)c4)c3)cc2)cc1. The van der Waals surface area contributed by atoms with Crippen molar-refractivity contribution in [2.75, 3.05) is 4.90 Å². The molecule has 0 radical (unpaired) electrons. The summed E-state index contributed by atoms with van der Waals surface area (Å²) in [5.74, 6) is 0. The van der Waals surface area contributed by atoms with E-state index >= 15 is 0 Å². The van der Waals surface area contributed by atoms with Gasteiger partial charge in [0.15, 0.2) is 0 Å². The molecule has 1 aromatic heterocycles. The predicted octanol–water partition coefficient (Wildman–Crippen LogP) is 18.3. The van der Waals surface area contributed by atoms with Crippen molar-refractivity contribution in [3.63, 3.8) is 0 Å². The standard InChI is InChI=1S/C66H46N2/c1-5-16-47(17-6-1)51-30-36-59(37-31-51)67(60-38-32-52(33-39-60)54-25-13-24-53(42-54)48-18-7-2-8-19-48)61-28-14-26-55(43-61)56-27-15-29-62(44-56)68-65-40-34-57(49-20-9-3-10-21-49)45-63(65)64-46-58(35-41-66(64)68)50-22-11-4-12-23-50/h1-46H. The van der Waals surface area contributed by atoms with Crippen molar-refractivity contribution in [3.8, 4) is 72.4 Å². The van der Waals surface area contributed by atoms with E-state index in [-0.39, 0.29) is 0 Å². The Bertz CT molecular complexity index is 3590. The van der Waals surface area contributed by atoms with Crippen LogP contribution in [0, 0.1) is 0 Å². The Morgan fingerprint density at radius 1 is 0.206 bits per heavy atom. The van der Waals surface area contributed by atoms with E-state index in [0.717, 1.165) is 33.9 Å². The van der Waals surface area contributed by atoms with Gasteiger partial charge in [0.2, 0.25) is 0 Å². The van der Waals surface area contributed by atoms with E-state index < -0.39 is 0 Å². The van der Waals surface area contributed by atoms with Crippen molar-refractivity contribution >= 4 is 38.9 Å². The molecule has 0 spiro atoms. The van der Waals surface area contributed by atoms with Crippen LogP contribution in [0.3, 0.4) is 0 Å². The van der Waals surface area contributed by atoms with Gasteiger partial charge < -0.3 is 9.47 Å². The summed E-state index contributed by atoms with van der Waals surface area (Å²) in [6, 6.07) is 101. The lowest BCUT2D eigenvalue weighted by Crippen LogP contribution is -2.10. The maximum atomic E-state index is 2.43. The third-order valence-electron chi connectivity index (χ3n) is 13.2. The summed E-state index contributed by atoms with van der Waals surface area (Å²) in [6.07, 6.45) is 0. The minimum atomic E-state index is 1.08. The average molecular weight is 867 g/mol. The zero-order chi connectivity index (χ0) is 45.2. The molecule has 0 atom stereocenters. The number of hydrogen-bond donors (Lipinski definition) is 0. The molecule has 0 N–H and O–H groups in total. The molecule has 0 aliphatic heterocycles. The zero-order valence-electron chi connectivity index (χ0n) is 37.5. The van der Waals surface area contributed by atoms with E-state index in [1.807, 2.05) is 0 Å². The van der Waals surface area contributed by atoms with E-state index in [2.05, 4.69) is 289 Å². The molecule has 0 bridgehead atoms. The summed E-state index contributed by atoms with van der Waals surface area (Å²) < 4.78 is 2.43. The lowest BCUT2D eigenvalue weighted by molar-refractivity contribution is 1.18. The Morgan fingerprint density at radius 3 is 1.00 bits per heavy atom. The van der Waals surface area contributed by atoms with Gasteiger partial charge in [-0.25, -0.2) is 0 Å². The third kappa shape index (κ3) is 7.85. The van der Waals surface area contributed by atoms with Crippen LogP contribution in [0.4, 0.5) is 17.1 Å². The summed E-state index contributed by atoms with van der Waals surface area (Å²) in [5.41, 5.74) is 21.0. The average Bonchev–Trinajstić information content (AvgIpc) is 3.75. The van der Waals surface area contributed by atoms with Crippen LogP contribution in [-0.2, 0) is 0 Å². The zero-order valence-corrected chi connectivity index (χ0v) is 37.5. The van der Waals surface area contributed by atoms with Gasteiger partial charge in [0.1, 0.15) is 0 Å². The third-order valence-corrected chi connectivity index (χ3v) is 13.2. The van der Waals surface area contributed by atoms with Crippen molar-refractivity contribution in [2.24, 2.45) is 0 Å². The molecule has 0 saturated heterocycles. The highest BCUT2D eigenvalue weighted by Crippen LogP contribution is 2.41. The summed E-state index contributed by atoms with van der Waals surface area (Å²) in [4.78, 5) is 2.37. The number of fused-ring (bicyclic) bond motifs is 3. The molecule has 12 aromatic rings. The molecule has 1 heterocycles. The number of benzene rings is 11. The highest BCUT2D eigenvalue weighted by molar-refractivity contribution is 6.11. The number of nitrogens with zero attached hydrogens (tertiary/aromatic N) is 2. The van der Waals surface area contributed by atoms with Crippen LogP contribution < -0.4 is 4.90 Å². The Hall–Kier alpha value is -8.98. The smallest absolute Gasteiger partial charge is 0.0541 e. The first-order valence-corrected chi connectivity index (χ1v) is 23.3. The molecule has 12 rings (SSSR count). The topological polar surface area (TPSA) is 8.17 Å². The maximum Gasteiger partial charge on any atom is 0.0541 e. The molecule has 320 valence electrons. The van der Waals surface area contributed by atoms with Crippen LogP contribution in [0.15, 0.2) is 279 Å². The lowest BCUT2D eigenvalue weighted by atomic mass is 9.98. The first-order chi connectivity index (χ1) is 33.7. The van der Waals surface area contributed by atoms with Gasteiger partial charge in [-0.15, -0.1) is 0 Å². The normalized spacial score (nSPS) is 11.2. The fraction of sp³-hybridized carbons (Fsp3) is 0. The minimum Gasteiger partial charge on any atom is -0.310 e. The van der Waals surface area contributed by atoms with Crippen LogP contribution in [-0.4, -0.2) is 4.57 Å². The summed E-state index contributed by atoms with van der Waals surface area (Å²) in [5, 5.41) is 2.46. The van der Waals surface area contributed by atoms with Crippen molar-refractivity contribution in [2.45, 2.75) is 0 Å². The Labute approximate surface area is 397 Å².